The third kappa shape index (κ3) is 6.28. The molecule has 0 atom stereocenters. The minimum atomic E-state index is -0.661. The summed E-state index contributed by atoms with van der Waals surface area (Å²) in [4.78, 5) is 24.1. The maximum absolute atomic E-state index is 14.3. The first-order valence-corrected chi connectivity index (χ1v) is 9.42. The fraction of sp³-hybridized carbons (Fsp3) is 0.167. The van der Waals surface area contributed by atoms with Gasteiger partial charge in [0, 0.05) is 13.0 Å². The second-order valence-corrected chi connectivity index (χ2v) is 6.63. The Balaban J connectivity index is 1.48. The van der Waals surface area contributed by atoms with E-state index in [1.807, 2.05) is 60.7 Å². The van der Waals surface area contributed by atoms with Crippen LogP contribution in [0.2, 0.25) is 0 Å². The maximum atomic E-state index is 14.3. The van der Waals surface area contributed by atoms with Crippen molar-refractivity contribution in [1.82, 2.24) is 5.32 Å². The summed E-state index contributed by atoms with van der Waals surface area (Å²) in [5.74, 6) is -1.71. The van der Waals surface area contributed by atoms with Crippen LogP contribution in [0, 0.1) is 5.82 Å². The van der Waals surface area contributed by atoms with Crippen molar-refractivity contribution in [3.8, 4) is 5.75 Å². The zero-order chi connectivity index (χ0) is 20.5. The van der Waals surface area contributed by atoms with Gasteiger partial charge in [-0.25, -0.2) is 4.39 Å². The Kier molecular flexibility index (Phi) is 7.11. The van der Waals surface area contributed by atoms with Gasteiger partial charge in [-0.05, 0) is 35.2 Å². The highest BCUT2D eigenvalue weighted by atomic mass is 19.1. The topological polar surface area (TPSA) is 55.4 Å². The predicted molar refractivity (Wildman–Crippen MR) is 109 cm³/mol. The highest BCUT2D eigenvalue weighted by Crippen LogP contribution is 2.20. The number of halogens is 1. The van der Waals surface area contributed by atoms with Crippen LogP contribution in [-0.4, -0.2) is 18.2 Å². The van der Waals surface area contributed by atoms with E-state index in [1.54, 1.807) is 6.07 Å². The monoisotopic (exact) mass is 391 g/mol. The summed E-state index contributed by atoms with van der Waals surface area (Å²) in [7, 11) is 0. The minimum Gasteiger partial charge on any atom is -0.486 e. The first-order valence-electron chi connectivity index (χ1n) is 9.42. The molecule has 0 fully saturated rings. The summed E-state index contributed by atoms with van der Waals surface area (Å²) in [6.07, 6.45) is 0.481. The Hall–Kier alpha value is -3.47. The van der Waals surface area contributed by atoms with Crippen LogP contribution in [0.4, 0.5) is 4.39 Å². The number of ether oxygens (including phenoxy) is 1. The molecule has 0 heterocycles. The third-order valence-electron chi connectivity index (χ3n) is 4.39. The standard InChI is InChI=1S/C24H22FNO3/c25-21-15-20(11-12-23(21)29-17-19-9-5-2-6-10-19)16-22(27)24(28)26-14-13-18-7-3-1-4-8-18/h1-12,15H,13-14,16-17H2,(H,26,28). The third-order valence-corrected chi connectivity index (χ3v) is 4.39. The molecule has 4 nitrogen and oxygen atoms in total. The number of amides is 1. The zero-order valence-electron chi connectivity index (χ0n) is 15.9. The molecule has 0 bridgehead atoms. The van der Waals surface area contributed by atoms with E-state index in [0.29, 0.717) is 18.5 Å². The molecule has 3 aromatic carbocycles. The van der Waals surface area contributed by atoms with Crippen molar-refractivity contribution in [3.63, 3.8) is 0 Å². The van der Waals surface area contributed by atoms with Gasteiger partial charge >= 0.3 is 0 Å². The van der Waals surface area contributed by atoms with Gasteiger partial charge in [0.25, 0.3) is 5.91 Å². The second kappa shape index (κ2) is 10.2. The Morgan fingerprint density at radius 2 is 1.48 bits per heavy atom. The number of rotatable bonds is 9. The number of ketones is 1. The summed E-state index contributed by atoms with van der Waals surface area (Å²) in [6, 6.07) is 23.4. The normalized spacial score (nSPS) is 10.4. The summed E-state index contributed by atoms with van der Waals surface area (Å²) in [6.45, 7) is 0.620. The molecule has 0 radical (unpaired) electrons. The molecular weight excluding hydrogens is 369 g/mol. The van der Waals surface area contributed by atoms with E-state index in [1.165, 1.54) is 12.1 Å². The predicted octanol–water partition coefficient (Wildman–Crippen LogP) is 3.88. The first-order chi connectivity index (χ1) is 14.1. The van der Waals surface area contributed by atoms with E-state index < -0.39 is 17.5 Å². The van der Waals surface area contributed by atoms with Crippen molar-refractivity contribution >= 4 is 11.7 Å². The van der Waals surface area contributed by atoms with Crippen LogP contribution in [0.25, 0.3) is 0 Å². The molecule has 3 rings (SSSR count). The van der Waals surface area contributed by atoms with Gasteiger partial charge in [-0.2, -0.15) is 0 Å². The van der Waals surface area contributed by atoms with Crippen LogP contribution in [0.1, 0.15) is 16.7 Å². The van der Waals surface area contributed by atoms with Gasteiger partial charge in [0.15, 0.2) is 11.6 Å². The van der Waals surface area contributed by atoms with Gasteiger partial charge in [0.1, 0.15) is 6.61 Å². The van der Waals surface area contributed by atoms with E-state index in [4.69, 9.17) is 4.74 Å². The molecule has 0 aromatic heterocycles. The van der Waals surface area contributed by atoms with Crippen LogP contribution in [0.3, 0.4) is 0 Å². The quantitative estimate of drug-likeness (QED) is 0.564. The molecule has 29 heavy (non-hydrogen) atoms. The van der Waals surface area contributed by atoms with Crippen molar-refractivity contribution in [2.75, 3.05) is 6.54 Å². The fourth-order valence-corrected chi connectivity index (χ4v) is 2.84. The smallest absolute Gasteiger partial charge is 0.287 e. The summed E-state index contributed by atoms with van der Waals surface area (Å²) in [5, 5.41) is 2.61. The lowest BCUT2D eigenvalue weighted by Gasteiger charge is -2.09. The fourth-order valence-electron chi connectivity index (χ4n) is 2.84. The summed E-state index contributed by atoms with van der Waals surface area (Å²) in [5.41, 5.74) is 2.43. The molecule has 3 aromatic rings. The van der Waals surface area contributed by atoms with E-state index in [2.05, 4.69) is 5.32 Å². The molecule has 0 saturated heterocycles. The molecule has 1 amide bonds. The molecule has 0 unspecified atom stereocenters. The van der Waals surface area contributed by atoms with E-state index in [9.17, 15) is 14.0 Å². The molecular formula is C24H22FNO3. The zero-order valence-corrected chi connectivity index (χ0v) is 15.9. The van der Waals surface area contributed by atoms with Crippen LogP contribution >= 0.6 is 0 Å². The summed E-state index contributed by atoms with van der Waals surface area (Å²) >= 11 is 0. The lowest BCUT2D eigenvalue weighted by molar-refractivity contribution is -0.137. The number of carbonyl (C=O) groups excluding carboxylic acids is 2. The van der Waals surface area contributed by atoms with Gasteiger partial charge in [0.05, 0.1) is 0 Å². The van der Waals surface area contributed by atoms with Crippen molar-refractivity contribution in [3.05, 3.63) is 101 Å². The molecule has 0 saturated carbocycles. The Labute approximate surface area is 169 Å². The minimum absolute atomic E-state index is 0.109. The number of hydrogen-bond acceptors (Lipinski definition) is 3. The molecule has 1 N–H and O–H groups in total. The number of Topliss-reactive ketones (excluding diaryl/α,β-unsaturated/α-hetero) is 1. The van der Waals surface area contributed by atoms with Gasteiger partial charge in [-0.1, -0.05) is 66.7 Å². The first kappa shape index (κ1) is 20.3. The Bertz CT molecular complexity index is 958. The number of hydrogen-bond donors (Lipinski definition) is 1. The van der Waals surface area contributed by atoms with E-state index >= 15 is 0 Å². The average molecular weight is 391 g/mol. The lowest BCUT2D eigenvalue weighted by atomic mass is 10.1. The van der Waals surface area contributed by atoms with Gasteiger partial charge < -0.3 is 10.1 Å². The largest absolute Gasteiger partial charge is 0.486 e. The maximum Gasteiger partial charge on any atom is 0.287 e. The van der Waals surface area contributed by atoms with Crippen LogP contribution < -0.4 is 10.1 Å². The molecule has 0 aliphatic heterocycles. The number of nitrogens with one attached hydrogen (secondary N) is 1. The van der Waals surface area contributed by atoms with Crippen molar-refractivity contribution < 1.29 is 18.7 Å². The average Bonchev–Trinajstić information content (AvgIpc) is 2.74. The van der Waals surface area contributed by atoms with Crippen LogP contribution in [0.15, 0.2) is 78.9 Å². The number of benzene rings is 3. The molecule has 0 aliphatic rings. The van der Waals surface area contributed by atoms with Gasteiger partial charge in [0.2, 0.25) is 5.78 Å². The Morgan fingerprint density at radius 1 is 0.828 bits per heavy atom. The Morgan fingerprint density at radius 3 is 2.14 bits per heavy atom. The molecule has 0 spiro atoms. The summed E-state index contributed by atoms with van der Waals surface area (Å²) < 4.78 is 19.7. The molecule has 5 heteroatoms. The lowest BCUT2D eigenvalue weighted by Crippen LogP contribution is -2.33. The van der Waals surface area contributed by atoms with E-state index in [0.717, 1.165) is 11.1 Å². The second-order valence-electron chi connectivity index (χ2n) is 6.63. The van der Waals surface area contributed by atoms with Crippen LogP contribution in [-0.2, 0) is 29.0 Å². The SMILES string of the molecule is O=C(Cc1ccc(OCc2ccccc2)c(F)c1)C(=O)NCCc1ccccc1. The van der Waals surface area contributed by atoms with Crippen LogP contribution in [0.5, 0.6) is 5.75 Å². The van der Waals surface area contributed by atoms with Crippen molar-refractivity contribution in [2.24, 2.45) is 0 Å². The van der Waals surface area contributed by atoms with Crippen molar-refractivity contribution in [2.45, 2.75) is 19.4 Å². The molecule has 0 aliphatic carbocycles. The van der Waals surface area contributed by atoms with E-state index in [-0.39, 0.29) is 18.8 Å². The van der Waals surface area contributed by atoms with Gasteiger partial charge in [-0.3, -0.25) is 9.59 Å². The highest BCUT2D eigenvalue weighted by Gasteiger charge is 2.15. The highest BCUT2D eigenvalue weighted by molar-refractivity contribution is 6.36. The van der Waals surface area contributed by atoms with Gasteiger partial charge in [-0.15, -0.1) is 0 Å². The number of carbonyl (C=O) groups is 2. The molecule has 148 valence electrons. The van der Waals surface area contributed by atoms with Crippen molar-refractivity contribution in [1.29, 1.82) is 0 Å².